The molecule has 38 heavy (non-hydrogen) atoms. The number of hydrogen-bond acceptors (Lipinski definition) is 6. The molecule has 0 aliphatic heterocycles. The first kappa shape index (κ1) is 27.9. The van der Waals surface area contributed by atoms with Gasteiger partial charge < -0.3 is 15.5 Å². The maximum Gasteiger partial charge on any atom is 0.356 e. The number of ether oxygens (including phenoxy) is 1. The van der Waals surface area contributed by atoms with Gasteiger partial charge in [-0.15, -0.1) is 0 Å². The molecule has 0 saturated heterocycles. The number of aromatic nitrogens is 2. The van der Waals surface area contributed by atoms with E-state index in [2.05, 4.69) is 15.4 Å². The number of carbonyl (C=O) groups is 4. The standard InChI is InChI=1S/C28H31N5O5/c1-2-38-28(37)24(10-6-7-11-25(29)34)33(26(35)15-12-20-8-4-3-5-9-20)32-27(36)23-14-13-22(31-23)21-16-18-30-19-17-21/h3-5,8-10,13-14,16-19,31H,2,6-7,11-12,15H2,1H3,(H2,29,34)(H,32,36)/b24-10-. The molecule has 3 aromatic rings. The summed E-state index contributed by atoms with van der Waals surface area (Å²) in [6.07, 6.45) is 5.91. The minimum atomic E-state index is -0.774. The van der Waals surface area contributed by atoms with E-state index in [9.17, 15) is 19.2 Å². The van der Waals surface area contributed by atoms with Crippen LogP contribution in [-0.4, -0.2) is 45.3 Å². The van der Waals surface area contributed by atoms with Crippen LogP contribution in [0.15, 0.2) is 78.8 Å². The highest BCUT2D eigenvalue weighted by Gasteiger charge is 2.27. The molecule has 0 fully saturated rings. The van der Waals surface area contributed by atoms with Crippen LogP contribution in [0.5, 0.6) is 0 Å². The minimum absolute atomic E-state index is 0.0231. The number of pyridine rings is 1. The lowest BCUT2D eigenvalue weighted by Crippen LogP contribution is -2.47. The van der Waals surface area contributed by atoms with Gasteiger partial charge in [0.2, 0.25) is 11.8 Å². The van der Waals surface area contributed by atoms with Crippen LogP contribution in [0.3, 0.4) is 0 Å². The average Bonchev–Trinajstić information content (AvgIpc) is 3.42. The van der Waals surface area contributed by atoms with Crippen molar-refractivity contribution in [2.45, 2.75) is 39.0 Å². The van der Waals surface area contributed by atoms with E-state index in [1.165, 1.54) is 6.08 Å². The van der Waals surface area contributed by atoms with Crippen molar-refractivity contribution in [2.24, 2.45) is 5.73 Å². The Morgan fingerprint density at radius 2 is 1.76 bits per heavy atom. The first-order valence-electron chi connectivity index (χ1n) is 12.3. The summed E-state index contributed by atoms with van der Waals surface area (Å²) in [7, 11) is 0. The van der Waals surface area contributed by atoms with Gasteiger partial charge in [0.15, 0.2) is 0 Å². The summed E-state index contributed by atoms with van der Waals surface area (Å²) in [4.78, 5) is 57.6. The van der Waals surface area contributed by atoms with Gasteiger partial charge in [0.05, 0.1) is 6.61 Å². The van der Waals surface area contributed by atoms with Crippen LogP contribution >= 0.6 is 0 Å². The number of unbranched alkanes of at least 4 members (excludes halogenated alkanes) is 1. The van der Waals surface area contributed by atoms with E-state index in [0.717, 1.165) is 16.1 Å². The van der Waals surface area contributed by atoms with Crippen LogP contribution in [0.25, 0.3) is 11.3 Å². The van der Waals surface area contributed by atoms with Crippen molar-refractivity contribution >= 4 is 23.7 Å². The zero-order valence-corrected chi connectivity index (χ0v) is 21.2. The van der Waals surface area contributed by atoms with E-state index in [0.29, 0.717) is 18.5 Å². The first-order chi connectivity index (χ1) is 18.4. The van der Waals surface area contributed by atoms with E-state index < -0.39 is 23.7 Å². The van der Waals surface area contributed by atoms with E-state index in [4.69, 9.17) is 10.5 Å². The number of hydrazine groups is 1. The van der Waals surface area contributed by atoms with Crippen LogP contribution in [0, 0.1) is 0 Å². The van der Waals surface area contributed by atoms with Gasteiger partial charge in [-0.05, 0) is 56.0 Å². The summed E-state index contributed by atoms with van der Waals surface area (Å²) in [6, 6.07) is 16.3. The fourth-order valence-corrected chi connectivity index (χ4v) is 3.64. The van der Waals surface area contributed by atoms with Gasteiger partial charge in [0.25, 0.3) is 5.91 Å². The fraction of sp³-hybridized carbons (Fsp3) is 0.250. The third-order valence-electron chi connectivity index (χ3n) is 5.55. The molecule has 0 bridgehead atoms. The molecule has 0 unspecified atom stereocenters. The van der Waals surface area contributed by atoms with E-state index in [-0.39, 0.29) is 37.3 Å². The first-order valence-corrected chi connectivity index (χ1v) is 12.3. The van der Waals surface area contributed by atoms with Gasteiger partial charge in [-0.2, -0.15) is 0 Å². The number of esters is 1. The van der Waals surface area contributed by atoms with Crippen LogP contribution in [-0.2, 0) is 25.5 Å². The SMILES string of the molecule is CCOC(=O)/C(=C/CCCC(N)=O)N(NC(=O)c1ccc(-c2ccncc2)[nH]1)C(=O)CCc1ccccc1. The van der Waals surface area contributed by atoms with E-state index in [1.807, 2.05) is 30.3 Å². The van der Waals surface area contributed by atoms with Crippen molar-refractivity contribution in [2.75, 3.05) is 6.61 Å². The summed E-state index contributed by atoms with van der Waals surface area (Å²) < 4.78 is 5.17. The summed E-state index contributed by atoms with van der Waals surface area (Å²) in [6.45, 7) is 1.71. The van der Waals surface area contributed by atoms with E-state index >= 15 is 0 Å². The molecule has 2 heterocycles. The molecule has 1 aromatic carbocycles. The Hall–Kier alpha value is -4.73. The van der Waals surface area contributed by atoms with Crippen LogP contribution in [0.4, 0.5) is 0 Å². The van der Waals surface area contributed by atoms with Crippen LogP contribution < -0.4 is 11.2 Å². The Morgan fingerprint density at radius 1 is 1.03 bits per heavy atom. The third-order valence-corrected chi connectivity index (χ3v) is 5.55. The molecule has 4 N–H and O–H groups in total. The number of primary amides is 1. The fourth-order valence-electron chi connectivity index (χ4n) is 3.64. The van der Waals surface area contributed by atoms with Crippen molar-refractivity contribution in [3.8, 4) is 11.3 Å². The third kappa shape index (κ3) is 8.16. The molecule has 0 saturated carbocycles. The van der Waals surface area contributed by atoms with Crippen molar-refractivity contribution in [1.29, 1.82) is 0 Å². The van der Waals surface area contributed by atoms with Gasteiger partial charge in [-0.1, -0.05) is 36.4 Å². The quantitative estimate of drug-likeness (QED) is 0.145. The number of benzene rings is 1. The Balaban J connectivity index is 1.86. The molecule has 2 aromatic heterocycles. The number of rotatable bonds is 12. The lowest BCUT2D eigenvalue weighted by molar-refractivity contribution is -0.145. The lowest BCUT2D eigenvalue weighted by atomic mass is 10.1. The summed E-state index contributed by atoms with van der Waals surface area (Å²) in [5.41, 5.74) is 10.3. The predicted octanol–water partition coefficient (Wildman–Crippen LogP) is 3.29. The molecule has 0 spiro atoms. The second kappa shape index (κ2) is 14.1. The molecule has 0 radical (unpaired) electrons. The summed E-state index contributed by atoms with van der Waals surface area (Å²) in [5, 5.41) is 0.931. The molecule has 0 atom stereocenters. The van der Waals surface area contributed by atoms with Gasteiger partial charge in [0.1, 0.15) is 11.4 Å². The molecule has 0 aliphatic rings. The molecular formula is C28H31N5O5. The topological polar surface area (TPSA) is 147 Å². The molecular weight excluding hydrogens is 486 g/mol. The summed E-state index contributed by atoms with van der Waals surface area (Å²) >= 11 is 0. The second-order valence-corrected chi connectivity index (χ2v) is 8.35. The highest BCUT2D eigenvalue weighted by molar-refractivity contribution is 5.98. The number of aromatic amines is 1. The summed E-state index contributed by atoms with van der Waals surface area (Å²) in [5.74, 6) is -2.37. The lowest BCUT2D eigenvalue weighted by Gasteiger charge is -2.25. The number of H-pyrrole nitrogens is 1. The smallest absolute Gasteiger partial charge is 0.356 e. The van der Waals surface area contributed by atoms with Gasteiger partial charge >= 0.3 is 5.97 Å². The minimum Gasteiger partial charge on any atom is -0.461 e. The van der Waals surface area contributed by atoms with Crippen LogP contribution in [0.1, 0.15) is 48.7 Å². The Bertz CT molecular complexity index is 1270. The molecule has 10 nitrogen and oxygen atoms in total. The van der Waals surface area contributed by atoms with Gasteiger partial charge in [-0.25, -0.2) is 9.80 Å². The number of nitrogens with one attached hydrogen (secondary N) is 2. The zero-order valence-electron chi connectivity index (χ0n) is 21.2. The number of nitrogens with two attached hydrogens (primary N) is 1. The van der Waals surface area contributed by atoms with Crippen molar-refractivity contribution < 1.29 is 23.9 Å². The number of carbonyl (C=O) groups excluding carboxylic acids is 4. The van der Waals surface area contributed by atoms with Gasteiger partial charge in [-0.3, -0.25) is 24.8 Å². The monoisotopic (exact) mass is 517 g/mol. The molecule has 10 heteroatoms. The number of amides is 3. The van der Waals surface area contributed by atoms with Crippen molar-refractivity contribution in [1.82, 2.24) is 20.4 Å². The predicted molar refractivity (Wildman–Crippen MR) is 141 cm³/mol. The molecule has 3 amide bonds. The van der Waals surface area contributed by atoms with Crippen molar-refractivity contribution in [3.63, 3.8) is 0 Å². The Morgan fingerprint density at radius 3 is 2.45 bits per heavy atom. The molecule has 3 rings (SSSR count). The molecule has 0 aliphatic carbocycles. The number of hydrogen-bond donors (Lipinski definition) is 3. The van der Waals surface area contributed by atoms with Gasteiger partial charge in [0, 0.05) is 36.5 Å². The average molecular weight is 518 g/mol. The number of aryl methyl sites for hydroxylation is 1. The van der Waals surface area contributed by atoms with Crippen LogP contribution in [0.2, 0.25) is 0 Å². The largest absolute Gasteiger partial charge is 0.461 e. The van der Waals surface area contributed by atoms with E-state index in [1.54, 1.807) is 43.6 Å². The Kier molecular flexibility index (Phi) is 10.3. The number of allylic oxidation sites excluding steroid dienone is 1. The maximum absolute atomic E-state index is 13.4. The highest BCUT2D eigenvalue weighted by Crippen LogP contribution is 2.18. The molecule has 198 valence electrons. The maximum atomic E-state index is 13.4. The second-order valence-electron chi connectivity index (χ2n) is 8.35. The zero-order chi connectivity index (χ0) is 27.3. The normalized spacial score (nSPS) is 11.0. The highest BCUT2D eigenvalue weighted by atomic mass is 16.5. The van der Waals surface area contributed by atoms with Crippen molar-refractivity contribution in [3.05, 3.63) is 90.0 Å². The number of nitrogens with zero attached hydrogens (tertiary/aromatic N) is 2. The Labute approximate surface area is 220 Å².